The summed E-state index contributed by atoms with van der Waals surface area (Å²) >= 11 is 0. The first-order valence-corrected chi connectivity index (χ1v) is 7.39. The summed E-state index contributed by atoms with van der Waals surface area (Å²) in [7, 11) is 0. The first-order valence-electron chi connectivity index (χ1n) is 7.39. The summed E-state index contributed by atoms with van der Waals surface area (Å²) in [4.78, 5) is 14.7. The first kappa shape index (κ1) is 18.2. The Morgan fingerprint density at radius 3 is 2.57 bits per heavy atom. The highest BCUT2D eigenvalue weighted by Crippen LogP contribution is 2.11. The van der Waals surface area contributed by atoms with Crippen LogP contribution in [0.3, 0.4) is 0 Å². The van der Waals surface area contributed by atoms with Crippen molar-refractivity contribution in [1.82, 2.24) is 5.32 Å². The van der Waals surface area contributed by atoms with Gasteiger partial charge in [-0.25, -0.2) is 0 Å². The van der Waals surface area contributed by atoms with Crippen molar-refractivity contribution in [3.63, 3.8) is 0 Å². The van der Waals surface area contributed by atoms with Crippen molar-refractivity contribution in [2.45, 2.75) is 19.8 Å². The summed E-state index contributed by atoms with van der Waals surface area (Å²) in [5.41, 5.74) is 3.29. The highest BCUT2D eigenvalue weighted by Gasteiger charge is 2.02. The number of aliphatic carboxylic acids is 1. The molecule has 0 aliphatic rings. The van der Waals surface area contributed by atoms with Crippen LogP contribution >= 0.6 is 0 Å². The number of rotatable bonds is 10. The molecule has 0 fully saturated rings. The minimum absolute atomic E-state index is 0.0287. The molecule has 0 atom stereocenters. The Labute approximate surface area is 137 Å². The zero-order valence-corrected chi connectivity index (χ0v) is 13.4. The number of anilines is 1. The normalized spacial score (nSPS) is 11.7. The number of aliphatic imine (C=N–C) groups is 1. The molecule has 5 heteroatoms. The molecule has 5 nitrogen and oxygen atoms in total. The molecule has 0 unspecified atom stereocenters. The Bertz CT molecular complexity index is 601. The molecule has 3 N–H and O–H groups in total. The Balaban J connectivity index is 2.61. The van der Waals surface area contributed by atoms with Crippen LogP contribution < -0.4 is 10.6 Å². The minimum atomic E-state index is -0.834. The van der Waals surface area contributed by atoms with E-state index < -0.39 is 5.97 Å². The average Bonchev–Trinajstić information content (AvgIpc) is 2.53. The molecule has 0 aliphatic heterocycles. The fourth-order valence-electron chi connectivity index (χ4n) is 1.96. The number of nitrogens with zero attached hydrogens (tertiary/aromatic N) is 1. The van der Waals surface area contributed by atoms with Crippen LogP contribution in [0.25, 0.3) is 0 Å². The third-order valence-corrected chi connectivity index (χ3v) is 3.01. The predicted molar refractivity (Wildman–Crippen MR) is 95.6 cm³/mol. The zero-order valence-electron chi connectivity index (χ0n) is 13.4. The Kier molecular flexibility index (Phi) is 7.92. The molecule has 0 aliphatic carbocycles. The van der Waals surface area contributed by atoms with Crippen LogP contribution in [0, 0.1) is 0 Å². The Hall–Kier alpha value is -2.82. The topological polar surface area (TPSA) is 73.7 Å². The molecule has 1 aromatic rings. The van der Waals surface area contributed by atoms with Crippen molar-refractivity contribution in [3.8, 4) is 0 Å². The Morgan fingerprint density at radius 2 is 2.04 bits per heavy atom. The summed E-state index contributed by atoms with van der Waals surface area (Å²) in [6, 6.07) is 7.30. The van der Waals surface area contributed by atoms with Gasteiger partial charge in [-0.05, 0) is 36.9 Å². The van der Waals surface area contributed by atoms with Gasteiger partial charge in [0, 0.05) is 5.69 Å². The van der Waals surface area contributed by atoms with Crippen LogP contribution in [0.15, 0.2) is 65.5 Å². The maximum absolute atomic E-state index is 10.6. The zero-order chi connectivity index (χ0) is 17.1. The van der Waals surface area contributed by atoms with Crippen molar-refractivity contribution in [1.29, 1.82) is 0 Å². The SMILES string of the molecule is C=C/C=C(NCNc1ccc(CC(=O)O)cc1)\C(=C/CC)N=C. The molecule has 0 radical (unpaired) electrons. The standard InChI is InChI=1S/C18H23N3O2/c1-4-6-16(19-3)17(7-5-2)21-13-20-15-10-8-14(9-11-15)12-18(22)23/h5-11,20-21H,2-4,12-13H2,1H3,(H,22,23)/b16-6+,17-7+. The van der Waals surface area contributed by atoms with Gasteiger partial charge in [-0.15, -0.1) is 0 Å². The van der Waals surface area contributed by atoms with Gasteiger partial charge >= 0.3 is 5.97 Å². The van der Waals surface area contributed by atoms with Gasteiger partial charge < -0.3 is 15.7 Å². The second-order valence-corrected chi connectivity index (χ2v) is 4.77. The van der Waals surface area contributed by atoms with E-state index in [4.69, 9.17) is 5.11 Å². The minimum Gasteiger partial charge on any atom is -0.481 e. The molecule has 0 aromatic heterocycles. The third-order valence-electron chi connectivity index (χ3n) is 3.01. The molecule has 0 saturated heterocycles. The van der Waals surface area contributed by atoms with E-state index in [0.717, 1.165) is 29.1 Å². The van der Waals surface area contributed by atoms with Gasteiger partial charge in [-0.3, -0.25) is 9.79 Å². The number of nitrogens with one attached hydrogen (secondary N) is 2. The van der Waals surface area contributed by atoms with Gasteiger partial charge in [0.15, 0.2) is 0 Å². The van der Waals surface area contributed by atoms with Crippen LogP contribution in [0.5, 0.6) is 0 Å². The maximum atomic E-state index is 10.6. The van der Waals surface area contributed by atoms with E-state index in [1.54, 1.807) is 18.2 Å². The quantitative estimate of drug-likeness (QED) is 0.352. The molecule has 0 spiro atoms. The number of allylic oxidation sites excluding steroid dienone is 3. The largest absolute Gasteiger partial charge is 0.481 e. The molecule has 0 amide bonds. The first-order chi connectivity index (χ1) is 11.1. The molecular weight excluding hydrogens is 290 g/mol. The highest BCUT2D eigenvalue weighted by molar-refractivity contribution is 5.70. The highest BCUT2D eigenvalue weighted by atomic mass is 16.4. The number of carboxylic acid groups (broad SMARTS) is 1. The second kappa shape index (κ2) is 10.00. The molecule has 122 valence electrons. The van der Waals surface area contributed by atoms with Gasteiger partial charge in [-0.2, -0.15) is 0 Å². The third kappa shape index (κ3) is 6.65. The second-order valence-electron chi connectivity index (χ2n) is 4.77. The molecule has 0 bridgehead atoms. The van der Waals surface area contributed by atoms with Crippen LogP contribution in [-0.2, 0) is 11.2 Å². The number of hydrogen-bond acceptors (Lipinski definition) is 4. The van der Waals surface area contributed by atoms with E-state index in [1.165, 1.54) is 0 Å². The summed E-state index contributed by atoms with van der Waals surface area (Å²) in [6.07, 6.45) is 6.41. The maximum Gasteiger partial charge on any atom is 0.307 e. The van der Waals surface area contributed by atoms with Crippen molar-refractivity contribution >= 4 is 18.4 Å². The van der Waals surface area contributed by atoms with Gasteiger partial charge in [-0.1, -0.05) is 37.8 Å². The van der Waals surface area contributed by atoms with Crippen molar-refractivity contribution in [2.24, 2.45) is 4.99 Å². The van der Waals surface area contributed by atoms with Crippen LogP contribution in [0.2, 0.25) is 0 Å². The molecule has 1 rings (SSSR count). The summed E-state index contributed by atoms with van der Waals surface area (Å²) in [6.45, 7) is 9.81. The Morgan fingerprint density at radius 1 is 1.35 bits per heavy atom. The van der Waals surface area contributed by atoms with Crippen LogP contribution in [0.4, 0.5) is 5.69 Å². The van der Waals surface area contributed by atoms with Gasteiger partial charge in [0.2, 0.25) is 0 Å². The number of carboxylic acids is 1. The average molecular weight is 313 g/mol. The van der Waals surface area contributed by atoms with Crippen LogP contribution in [-0.4, -0.2) is 24.5 Å². The number of carbonyl (C=O) groups is 1. The lowest BCUT2D eigenvalue weighted by Crippen LogP contribution is -2.22. The summed E-state index contributed by atoms with van der Waals surface area (Å²) in [5.74, 6) is -0.834. The molecule has 0 saturated carbocycles. The molecule has 23 heavy (non-hydrogen) atoms. The van der Waals surface area contributed by atoms with Gasteiger partial charge in [0.05, 0.1) is 24.5 Å². The molecule has 0 heterocycles. The molecular formula is C18H23N3O2. The van der Waals surface area contributed by atoms with Crippen molar-refractivity contribution in [3.05, 3.63) is 66.0 Å². The fourth-order valence-corrected chi connectivity index (χ4v) is 1.96. The fraction of sp³-hybridized carbons (Fsp3) is 0.222. The lowest BCUT2D eigenvalue weighted by molar-refractivity contribution is -0.136. The van der Waals surface area contributed by atoms with Gasteiger partial charge in [0.25, 0.3) is 0 Å². The monoisotopic (exact) mass is 313 g/mol. The van der Waals surface area contributed by atoms with E-state index in [1.807, 2.05) is 31.2 Å². The summed E-state index contributed by atoms with van der Waals surface area (Å²) < 4.78 is 0. The van der Waals surface area contributed by atoms with Crippen molar-refractivity contribution < 1.29 is 9.90 Å². The lowest BCUT2D eigenvalue weighted by atomic mass is 10.1. The molecule has 1 aromatic carbocycles. The van der Waals surface area contributed by atoms with E-state index in [9.17, 15) is 4.79 Å². The lowest BCUT2D eigenvalue weighted by Gasteiger charge is -2.13. The van der Waals surface area contributed by atoms with Crippen molar-refractivity contribution in [2.75, 3.05) is 12.0 Å². The van der Waals surface area contributed by atoms with E-state index in [-0.39, 0.29) is 6.42 Å². The van der Waals surface area contributed by atoms with Crippen LogP contribution in [0.1, 0.15) is 18.9 Å². The van der Waals surface area contributed by atoms with E-state index in [0.29, 0.717) is 6.67 Å². The smallest absolute Gasteiger partial charge is 0.307 e. The van der Waals surface area contributed by atoms with E-state index in [2.05, 4.69) is 28.9 Å². The predicted octanol–water partition coefficient (Wildman–Crippen LogP) is 3.34. The summed E-state index contributed by atoms with van der Waals surface area (Å²) in [5, 5.41) is 15.2. The van der Waals surface area contributed by atoms with Gasteiger partial charge in [0.1, 0.15) is 0 Å². The van der Waals surface area contributed by atoms with E-state index >= 15 is 0 Å². The number of hydrogen-bond donors (Lipinski definition) is 3. The number of benzene rings is 1.